The molecule has 0 unspecified atom stereocenters. The molecular weight excluding hydrogens is 354 g/mol. The maximum atomic E-state index is 10.9. The van der Waals surface area contributed by atoms with Crippen LogP contribution in [0.15, 0.2) is 46.0 Å². The van der Waals surface area contributed by atoms with Crippen LogP contribution in [-0.4, -0.2) is 23.4 Å². The Kier molecular flexibility index (Phi) is 4.95. The van der Waals surface area contributed by atoms with Gasteiger partial charge in [0.2, 0.25) is 0 Å². The van der Waals surface area contributed by atoms with Gasteiger partial charge in [-0.05, 0) is 24.3 Å². The van der Waals surface area contributed by atoms with Crippen molar-refractivity contribution in [3.8, 4) is 11.5 Å². The number of phenolic OH excluding ortho intramolecular Hbond substituents is 1. The number of aromatic hydroxyl groups is 1. The number of anilines is 1. The number of methoxy groups -OCH3 is 1. The number of phenols is 1. The molecule has 0 aliphatic heterocycles. The average molecular weight is 366 g/mol. The highest BCUT2D eigenvalue weighted by molar-refractivity contribution is 9.10. The number of halogens is 1. The van der Waals surface area contributed by atoms with Gasteiger partial charge in [-0.15, -0.1) is 0 Å². The van der Waals surface area contributed by atoms with E-state index in [1.807, 2.05) is 12.1 Å². The lowest BCUT2D eigenvalue weighted by atomic mass is 10.2. The molecule has 2 rings (SSSR count). The fourth-order valence-corrected chi connectivity index (χ4v) is 1.94. The van der Waals surface area contributed by atoms with Crippen molar-refractivity contribution in [1.82, 2.24) is 0 Å². The molecule has 2 N–H and O–H groups in total. The minimum Gasteiger partial charge on any atom is -0.504 e. The van der Waals surface area contributed by atoms with E-state index in [9.17, 15) is 15.2 Å². The predicted molar refractivity (Wildman–Crippen MR) is 86.7 cm³/mol. The second kappa shape index (κ2) is 6.90. The number of hydrogen-bond donors (Lipinski definition) is 2. The predicted octanol–water partition coefficient (Wildman–Crippen LogP) is 3.52. The zero-order valence-electron chi connectivity index (χ0n) is 11.5. The van der Waals surface area contributed by atoms with Crippen LogP contribution in [0.3, 0.4) is 0 Å². The quantitative estimate of drug-likeness (QED) is 0.480. The number of rotatable bonds is 5. The maximum absolute atomic E-state index is 10.9. The van der Waals surface area contributed by atoms with E-state index in [1.165, 1.54) is 19.4 Å². The van der Waals surface area contributed by atoms with Crippen LogP contribution in [-0.2, 0) is 0 Å². The highest BCUT2D eigenvalue weighted by Crippen LogP contribution is 2.33. The SMILES string of the molecule is COc1cc([N+](=O)[O-])cc(/C=N\Nc2ccc(Br)cc2)c1O. The molecule has 0 aliphatic rings. The minimum atomic E-state index is -0.568. The third kappa shape index (κ3) is 3.73. The highest BCUT2D eigenvalue weighted by atomic mass is 79.9. The van der Waals surface area contributed by atoms with Gasteiger partial charge in [-0.1, -0.05) is 15.9 Å². The Morgan fingerprint density at radius 1 is 1.36 bits per heavy atom. The second-order valence-electron chi connectivity index (χ2n) is 4.22. The van der Waals surface area contributed by atoms with Crippen molar-refractivity contribution in [2.75, 3.05) is 12.5 Å². The first kappa shape index (κ1) is 15.8. The molecule has 0 spiro atoms. The first-order valence-corrected chi connectivity index (χ1v) is 6.90. The molecule has 0 radical (unpaired) electrons. The summed E-state index contributed by atoms with van der Waals surface area (Å²) in [6, 6.07) is 9.64. The molecule has 0 aromatic heterocycles. The summed E-state index contributed by atoms with van der Waals surface area (Å²) >= 11 is 3.32. The minimum absolute atomic E-state index is 0.0132. The summed E-state index contributed by atoms with van der Waals surface area (Å²) in [5.74, 6) is -0.200. The highest BCUT2D eigenvalue weighted by Gasteiger charge is 2.15. The Morgan fingerprint density at radius 2 is 2.05 bits per heavy atom. The normalized spacial score (nSPS) is 10.6. The lowest BCUT2D eigenvalue weighted by Gasteiger charge is -2.06. The second-order valence-corrected chi connectivity index (χ2v) is 5.14. The van der Waals surface area contributed by atoms with Gasteiger partial charge in [-0.3, -0.25) is 15.5 Å². The monoisotopic (exact) mass is 365 g/mol. The summed E-state index contributed by atoms with van der Waals surface area (Å²) in [5, 5.41) is 24.8. The number of nitro benzene ring substituents is 1. The maximum Gasteiger partial charge on any atom is 0.274 e. The van der Waals surface area contributed by atoms with E-state index >= 15 is 0 Å². The molecular formula is C14H12BrN3O4. The van der Waals surface area contributed by atoms with Gasteiger partial charge in [0.1, 0.15) is 0 Å². The molecule has 0 saturated carbocycles. The van der Waals surface area contributed by atoms with Crippen LogP contribution in [0, 0.1) is 10.1 Å². The van der Waals surface area contributed by atoms with Crippen molar-refractivity contribution in [2.24, 2.45) is 5.10 Å². The fourth-order valence-electron chi connectivity index (χ4n) is 1.67. The van der Waals surface area contributed by atoms with Crippen molar-refractivity contribution in [2.45, 2.75) is 0 Å². The molecule has 0 amide bonds. The lowest BCUT2D eigenvalue weighted by Crippen LogP contribution is -1.96. The zero-order valence-corrected chi connectivity index (χ0v) is 13.1. The van der Waals surface area contributed by atoms with Crippen LogP contribution in [0.2, 0.25) is 0 Å². The van der Waals surface area contributed by atoms with Gasteiger partial charge in [-0.25, -0.2) is 0 Å². The zero-order chi connectivity index (χ0) is 16.1. The van der Waals surface area contributed by atoms with E-state index in [4.69, 9.17) is 4.74 Å². The van der Waals surface area contributed by atoms with Crippen molar-refractivity contribution < 1.29 is 14.8 Å². The average Bonchev–Trinajstić information content (AvgIpc) is 2.50. The number of hydrogen-bond acceptors (Lipinski definition) is 6. The summed E-state index contributed by atoms with van der Waals surface area (Å²) in [5.41, 5.74) is 3.48. The molecule has 22 heavy (non-hydrogen) atoms. The van der Waals surface area contributed by atoms with Gasteiger partial charge < -0.3 is 9.84 Å². The number of nitrogens with zero attached hydrogens (tertiary/aromatic N) is 2. The molecule has 8 heteroatoms. The number of ether oxygens (including phenoxy) is 1. The summed E-state index contributed by atoms with van der Waals surface area (Å²) in [7, 11) is 1.32. The molecule has 0 heterocycles. The van der Waals surface area contributed by atoms with E-state index in [1.54, 1.807) is 12.1 Å². The number of nitro groups is 1. The van der Waals surface area contributed by atoms with Crippen LogP contribution in [0.4, 0.5) is 11.4 Å². The Labute approximate surface area is 134 Å². The molecule has 0 aliphatic carbocycles. The van der Waals surface area contributed by atoms with E-state index in [0.717, 1.165) is 16.2 Å². The van der Waals surface area contributed by atoms with Gasteiger partial charge in [-0.2, -0.15) is 5.10 Å². The first-order chi connectivity index (χ1) is 10.5. The summed E-state index contributed by atoms with van der Waals surface area (Å²) in [6.07, 6.45) is 1.28. The van der Waals surface area contributed by atoms with Crippen molar-refractivity contribution >= 4 is 33.5 Å². The van der Waals surface area contributed by atoms with Gasteiger partial charge in [0.25, 0.3) is 5.69 Å². The fraction of sp³-hybridized carbons (Fsp3) is 0.0714. The van der Waals surface area contributed by atoms with Crippen molar-refractivity contribution in [1.29, 1.82) is 0 Å². The Hall–Kier alpha value is -2.61. The number of hydrazone groups is 1. The van der Waals surface area contributed by atoms with Gasteiger partial charge in [0, 0.05) is 16.1 Å². The van der Waals surface area contributed by atoms with Gasteiger partial charge in [0.05, 0.1) is 30.0 Å². The van der Waals surface area contributed by atoms with E-state index in [2.05, 4.69) is 26.5 Å². The largest absolute Gasteiger partial charge is 0.504 e. The molecule has 7 nitrogen and oxygen atoms in total. The topological polar surface area (TPSA) is 97.0 Å². The molecule has 2 aromatic rings. The van der Waals surface area contributed by atoms with Crippen LogP contribution in [0.25, 0.3) is 0 Å². The Morgan fingerprint density at radius 3 is 2.64 bits per heavy atom. The molecule has 0 bridgehead atoms. The summed E-state index contributed by atoms with van der Waals surface area (Å²) in [6.45, 7) is 0. The third-order valence-electron chi connectivity index (χ3n) is 2.76. The summed E-state index contributed by atoms with van der Waals surface area (Å²) in [4.78, 5) is 10.3. The van der Waals surface area contributed by atoms with Gasteiger partial charge in [0.15, 0.2) is 11.5 Å². The number of non-ortho nitro benzene ring substituents is 1. The molecule has 0 fully saturated rings. The smallest absolute Gasteiger partial charge is 0.274 e. The Bertz CT molecular complexity index is 717. The van der Waals surface area contributed by atoms with Crippen LogP contribution >= 0.6 is 15.9 Å². The van der Waals surface area contributed by atoms with Crippen LogP contribution in [0.5, 0.6) is 11.5 Å². The molecule has 2 aromatic carbocycles. The Balaban J connectivity index is 2.24. The standard InChI is InChI=1S/C14H12BrN3O4/c1-22-13-7-12(18(20)21)6-9(14(13)19)8-16-17-11-4-2-10(15)3-5-11/h2-8,17,19H,1H3/b16-8-. The molecule has 0 saturated heterocycles. The molecule has 0 atom stereocenters. The van der Waals surface area contributed by atoms with Gasteiger partial charge >= 0.3 is 0 Å². The first-order valence-electron chi connectivity index (χ1n) is 6.11. The van der Waals surface area contributed by atoms with E-state index < -0.39 is 4.92 Å². The number of benzene rings is 2. The van der Waals surface area contributed by atoms with E-state index in [-0.39, 0.29) is 22.7 Å². The van der Waals surface area contributed by atoms with Crippen molar-refractivity contribution in [3.63, 3.8) is 0 Å². The lowest BCUT2D eigenvalue weighted by molar-refractivity contribution is -0.385. The van der Waals surface area contributed by atoms with Crippen LogP contribution in [0.1, 0.15) is 5.56 Å². The number of nitrogens with one attached hydrogen (secondary N) is 1. The summed E-state index contributed by atoms with van der Waals surface area (Å²) < 4.78 is 5.85. The van der Waals surface area contributed by atoms with Crippen molar-refractivity contribution in [3.05, 3.63) is 56.5 Å². The third-order valence-corrected chi connectivity index (χ3v) is 3.29. The molecule has 114 valence electrons. The van der Waals surface area contributed by atoms with Crippen LogP contribution < -0.4 is 10.2 Å². The van der Waals surface area contributed by atoms with E-state index in [0.29, 0.717) is 0 Å².